The molecule has 0 atom stereocenters. The minimum Gasteiger partial charge on any atom is -0.462 e. The summed E-state index contributed by atoms with van der Waals surface area (Å²) in [5.41, 5.74) is 1.68. The topological polar surface area (TPSA) is 67.4 Å². The molecule has 0 saturated heterocycles. The molecule has 28 heavy (non-hydrogen) atoms. The summed E-state index contributed by atoms with van der Waals surface area (Å²) in [5, 5.41) is 10.2. The number of carbonyl (C=O) groups excluding carboxylic acids is 2. The van der Waals surface area contributed by atoms with Crippen LogP contribution in [0.1, 0.15) is 27.0 Å². The standard InChI is InChI=1S/C19H15ClN2O3S3/c1-2-25-18(24)15-12(11-6-3-4-7-13(11)20)10-28-17(15)22-19(26)21-16(23)14-8-5-9-27-14/h3-10H,2H2,1H3,(H2,21,22,23,26). The van der Waals surface area contributed by atoms with Gasteiger partial charge in [-0.25, -0.2) is 4.79 Å². The Morgan fingerprint density at radius 3 is 2.61 bits per heavy atom. The van der Waals surface area contributed by atoms with Crippen molar-refractivity contribution >= 4 is 68.5 Å². The van der Waals surface area contributed by atoms with Gasteiger partial charge in [-0.05, 0) is 36.7 Å². The van der Waals surface area contributed by atoms with Gasteiger partial charge in [-0.3, -0.25) is 10.1 Å². The zero-order chi connectivity index (χ0) is 20.1. The van der Waals surface area contributed by atoms with Gasteiger partial charge in [0.25, 0.3) is 5.91 Å². The Bertz CT molecular complexity index is 1020. The van der Waals surface area contributed by atoms with Crippen molar-refractivity contribution < 1.29 is 14.3 Å². The Kier molecular flexibility index (Phi) is 6.79. The summed E-state index contributed by atoms with van der Waals surface area (Å²) in [5.74, 6) is -0.804. The lowest BCUT2D eigenvalue weighted by molar-refractivity contribution is 0.0529. The minimum atomic E-state index is -0.492. The van der Waals surface area contributed by atoms with Crippen molar-refractivity contribution in [2.75, 3.05) is 11.9 Å². The van der Waals surface area contributed by atoms with Crippen molar-refractivity contribution in [2.24, 2.45) is 0 Å². The summed E-state index contributed by atoms with van der Waals surface area (Å²) in [6.45, 7) is 1.97. The molecule has 0 saturated carbocycles. The second kappa shape index (κ2) is 9.29. The number of halogens is 1. The van der Waals surface area contributed by atoms with Crippen LogP contribution in [0.2, 0.25) is 5.02 Å². The molecule has 0 fully saturated rings. The number of amides is 1. The van der Waals surface area contributed by atoms with Crippen LogP contribution in [0, 0.1) is 0 Å². The maximum atomic E-state index is 12.6. The van der Waals surface area contributed by atoms with Crippen LogP contribution < -0.4 is 10.6 Å². The van der Waals surface area contributed by atoms with Crippen molar-refractivity contribution in [3.8, 4) is 11.1 Å². The van der Waals surface area contributed by atoms with Crippen molar-refractivity contribution in [1.82, 2.24) is 5.32 Å². The van der Waals surface area contributed by atoms with Crippen LogP contribution in [0.15, 0.2) is 47.2 Å². The van der Waals surface area contributed by atoms with E-state index in [9.17, 15) is 9.59 Å². The summed E-state index contributed by atoms with van der Waals surface area (Å²) in [7, 11) is 0. The summed E-state index contributed by atoms with van der Waals surface area (Å²) in [6, 6.07) is 10.7. The molecule has 0 aliphatic heterocycles. The second-order valence-corrected chi connectivity index (χ2v) is 8.08. The van der Waals surface area contributed by atoms with E-state index in [-0.39, 0.29) is 17.6 Å². The Morgan fingerprint density at radius 2 is 1.93 bits per heavy atom. The zero-order valence-electron chi connectivity index (χ0n) is 14.7. The first-order chi connectivity index (χ1) is 13.5. The van der Waals surface area contributed by atoms with E-state index in [0.717, 1.165) is 0 Å². The Hall–Kier alpha value is -2.26. The third-order valence-corrected chi connectivity index (χ3v) is 5.93. The molecule has 2 heterocycles. The van der Waals surface area contributed by atoms with E-state index in [2.05, 4.69) is 10.6 Å². The SMILES string of the molecule is CCOC(=O)c1c(-c2ccccc2Cl)csc1NC(=S)NC(=O)c1cccs1. The largest absolute Gasteiger partial charge is 0.462 e. The number of hydrogen-bond acceptors (Lipinski definition) is 6. The van der Waals surface area contributed by atoms with Gasteiger partial charge in [0.2, 0.25) is 0 Å². The molecular weight excluding hydrogens is 436 g/mol. The number of ether oxygens (including phenoxy) is 1. The molecule has 9 heteroatoms. The normalized spacial score (nSPS) is 10.4. The van der Waals surface area contributed by atoms with Gasteiger partial charge >= 0.3 is 5.97 Å². The number of thiophene rings is 2. The highest BCUT2D eigenvalue weighted by molar-refractivity contribution is 7.80. The number of hydrogen-bond donors (Lipinski definition) is 2. The number of esters is 1. The van der Waals surface area contributed by atoms with Crippen molar-refractivity contribution in [1.29, 1.82) is 0 Å². The van der Waals surface area contributed by atoms with E-state index < -0.39 is 5.97 Å². The summed E-state index contributed by atoms with van der Waals surface area (Å²) >= 11 is 14.1. The Labute approximate surface area is 180 Å². The van der Waals surface area contributed by atoms with Crippen LogP contribution in [0.25, 0.3) is 11.1 Å². The summed E-state index contributed by atoms with van der Waals surface area (Å²) in [4.78, 5) is 25.3. The van der Waals surface area contributed by atoms with Gasteiger partial charge in [0.05, 0.1) is 11.5 Å². The van der Waals surface area contributed by atoms with Crippen molar-refractivity contribution in [3.63, 3.8) is 0 Å². The Balaban J connectivity index is 1.88. The number of benzene rings is 1. The number of anilines is 1. The van der Waals surface area contributed by atoms with Gasteiger partial charge in [-0.2, -0.15) is 0 Å². The molecule has 0 radical (unpaired) electrons. The lowest BCUT2D eigenvalue weighted by Crippen LogP contribution is -2.33. The minimum absolute atomic E-state index is 0.0940. The molecule has 0 aliphatic carbocycles. The van der Waals surface area contributed by atoms with Gasteiger partial charge in [0.1, 0.15) is 10.6 Å². The van der Waals surface area contributed by atoms with E-state index in [1.807, 2.05) is 18.2 Å². The molecule has 1 amide bonds. The molecule has 0 aliphatic rings. The molecule has 2 aromatic heterocycles. The fourth-order valence-corrected chi connectivity index (χ4v) is 4.51. The first-order valence-corrected chi connectivity index (χ1v) is 10.7. The fourth-order valence-electron chi connectivity index (χ4n) is 2.44. The lowest BCUT2D eigenvalue weighted by atomic mass is 10.0. The number of thiocarbonyl (C=S) groups is 1. The smallest absolute Gasteiger partial charge is 0.341 e. The molecule has 2 N–H and O–H groups in total. The van der Waals surface area contributed by atoms with Gasteiger partial charge < -0.3 is 10.1 Å². The molecule has 3 aromatic rings. The molecular formula is C19H15ClN2O3S3. The van der Waals surface area contributed by atoms with Gasteiger partial charge in [-0.15, -0.1) is 22.7 Å². The lowest BCUT2D eigenvalue weighted by Gasteiger charge is -2.11. The van der Waals surface area contributed by atoms with Crippen molar-refractivity contribution in [3.05, 3.63) is 62.6 Å². The van der Waals surface area contributed by atoms with Crippen molar-refractivity contribution in [2.45, 2.75) is 6.92 Å². The molecule has 144 valence electrons. The van der Waals surface area contributed by atoms with Crippen LogP contribution in [0.3, 0.4) is 0 Å². The predicted molar refractivity (Wildman–Crippen MR) is 119 cm³/mol. The molecule has 0 spiro atoms. The van der Waals surface area contributed by atoms with E-state index in [1.165, 1.54) is 22.7 Å². The molecule has 3 rings (SSSR count). The average Bonchev–Trinajstić information content (AvgIpc) is 3.32. The first kappa shape index (κ1) is 20.5. The van der Waals surface area contributed by atoms with E-state index >= 15 is 0 Å². The van der Waals surface area contributed by atoms with Crippen LogP contribution in [0.5, 0.6) is 0 Å². The van der Waals surface area contributed by atoms with E-state index in [0.29, 0.717) is 31.6 Å². The monoisotopic (exact) mass is 450 g/mol. The van der Waals surface area contributed by atoms with Crippen LogP contribution >= 0.6 is 46.5 Å². The summed E-state index contributed by atoms with van der Waals surface area (Å²) < 4.78 is 5.21. The third kappa shape index (κ3) is 4.59. The molecule has 0 unspecified atom stereocenters. The number of rotatable bonds is 5. The van der Waals surface area contributed by atoms with Gasteiger partial charge in [0.15, 0.2) is 5.11 Å². The number of nitrogens with one attached hydrogen (secondary N) is 2. The molecule has 0 bridgehead atoms. The third-order valence-electron chi connectivity index (χ3n) is 3.63. The highest BCUT2D eigenvalue weighted by Gasteiger charge is 2.23. The zero-order valence-corrected chi connectivity index (χ0v) is 17.9. The van der Waals surface area contributed by atoms with Crippen LogP contribution in [-0.4, -0.2) is 23.6 Å². The second-order valence-electron chi connectivity index (χ2n) is 5.44. The Morgan fingerprint density at radius 1 is 1.14 bits per heavy atom. The van der Waals surface area contributed by atoms with Gasteiger partial charge in [-0.1, -0.05) is 35.9 Å². The quantitative estimate of drug-likeness (QED) is 0.400. The van der Waals surface area contributed by atoms with E-state index in [1.54, 1.807) is 35.9 Å². The molecule has 1 aromatic carbocycles. The maximum Gasteiger partial charge on any atom is 0.341 e. The number of carbonyl (C=O) groups is 2. The summed E-state index contributed by atoms with van der Waals surface area (Å²) in [6.07, 6.45) is 0. The van der Waals surface area contributed by atoms with Crippen LogP contribution in [-0.2, 0) is 4.74 Å². The molecule has 5 nitrogen and oxygen atoms in total. The van der Waals surface area contributed by atoms with E-state index in [4.69, 9.17) is 28.6 Å². The highest BCUT2D eigenvalue weighted by atomic mass is 35.5. The first-order valence-electron chi connectivity index (χ1n) is 8.20. The average molecular weight is 451 g/mol. The fraction of sp³-hybridized carbons (Fsp3) is 0.105. The predicted octanol–water partition coefficient (Wildman–Crippen LogP) is 5.43. The maximum absolute atomic E-state index is 12.6. The van der Waals surface area contributed by atoms with Gasteiger partial charge in [0, 0.05) is 21.5 Å². The van der Waals surface area contributed by atoms with Crippen LogP contribution in [0.4, 0.5) is 5.00 Å². The highest BCUT2D eigenvalue weighted by Crippen LogP contribution is 2.39.